The third-order valence-corrected chi connectivity index (χ3v) is 9.08. The minimum absolute atomic E-state index is 0.541. The van der Waals surface area contributed by atoms with Crippen LogP contribution in [-0.2, 0) is 0 Å². The molecule has 0 saturated carbocycles. The maximum atomic E-state index is 6.43. The average Bonchev–Trinajstić information content (AvgIpc) is 3.67. The Hall–Kier alpha value is -6.33. The van der Waals surface area contributed by atoms with Gasteiger partial charge in [-0.3, -0.25) is 9.38 Å². The first kappa shape index (κ1) is 25.0. The molecule has 0 N–H and O–H groups in total. The second-order valence-corrected chi connectivity index (χ2v) is 11.6. The first-order valence-electron chi connectivity index (χ1n) is 15.4. The molecule has 0 fully saturated rings. The lowest BCUT2D eigenvalue weighted by Crippen LogP contribution is -1.93. The molecule has 5 nitrogen and oxygen atoms in total. The summed E-state index contributed by atoms with van der Waals surface area (Å²) in [6, 6.07) is 46.8. The van der Waals surface area contributed by atoms with Crippen molar-refractivity contribution < 1.29 is 4.42 Å². The monoisotopic (exact) mass is 588 g/mol. The molecule has 214 valence electrons. The summed E-state index contributed by atoms with van der Waals surface area (Å²) in [5, 5.41) is 5.85. The normalized spacial score (nSPS) is 11.9. The minimum Gasteiger partial charge on any atom is -0.423 e. The lowest BCUT2D eigenvalue weighted by molar-refractivity contribution is 0.643. The summed E-state index contributed by atoms with van der Waals surface area (Å²) in [4.78, 5) is 14.6. The molecule has 10 rings (SSSR count). The number of pyridine rings is 2. The predicted octanol–water partition coefficient (Wildman–Crippen LogP) is 10.5. The Morgan fingerprint density at radius 3 is 1.85 bits per heavy atom. The highest BCUT2D eigenvalue weighted by atomic mass is 16.4. The Bertz CT molecular complexity index is 2740. The minimum atomic E-state index is 0.541. The van der Waals surface area contributed by atoms with Crippen molar-refractivity contribution in [3.8, 4) is 33.5 Å². The van der Waals surface area contributed by atoms with Crippen molar-refractivity contribution in [2.75, 3.05) is 0 Å². The van der Waals surface area contributed by atoms with Crippen LogP contribution in [0.3, 0.4) is 0 Å². The van der Waals surface area contributed by atoms with Gasteiger partial charge in [0.25, 0.3) is 0 Å². The van der Waals surface area contributed by atoms with Gasteiger partial charge in [0.05, 0.1) is 16.7 Å². The van der Waals surface area contributed by atoms with Crippen LogP contribution < -0.4 is 0 Å². The lowest BCUT2D eigenvalue weighted by Gasteiger charge is -2.17. The Kier molecular flexibility index (Phi) is 5.22. The van der Waals surface area contributed by atoms with Crippen LogP contribution in [0.25, 0.3) is 93.9 Å². The molecular weight excluding hydrogens is 564 g/mol. The molecule has 0 aliphatic heterocycles. The Balaban J connectivity index is 1.32. The number of oxazole rings is 1. The van der Waals surface area contributed by atoms with Gasteiger partial charge in [-0.1, -0.05) is 103 Å². The van der Waals surface area contributed by atoms with Crippen LogP contribution >= 0.6 is 0 Å². The highest BCUT2D eigenvalue weighted by molar-refractivity contribution is 6.21. The fourth-order valence-corrected chi connectivity index (χ4v) is 7.13. The van der Waals surface area contributed by atoms with Gasteiger partial charge in [-0.2, -0.15) is 4.98 Å². The second-order valence-electron chi connectivity index (χ2n) is 11.6. The molecule has 4 heterocycles. The van der Waals surface area contributed by atoms with Gasteiger partial charge in [0, 0.05) is 23.3 Å². The molecule has 46 heavy (non-hydrogen) atoms. The summed E-state index contributed by atoms with van der Waals surface area (Å²) in [7, 11) is 0. The zero-order chi connectivity index (χ0) is 30.2. The van der Waals surface area contributed by atoms with Crippen LogP contribution in [0.1, 0.15) is 0 Å². The number of benzene rings is 6. The molecule has 0 saturated heterocycles. The zero-order valence-corrected chi connectivity index (χ0v) is 24.6. The Morgan fingerprint density at radius 1 is 0.522 bits per heavy atom. The quantitative estimate of drug-likeness (QED) is 0.193. The first-order chi connectivity index (χ1) is 22.8. The first-order valence-corrected chi connectivity index (χ1v) is 15.4. The van der Waals surface area contributed by atoms with Crippen LogP contribution in [0.5, 0.6) is 0 Å². The molecule has 0 spiro atoms. The molecule has 0 aliphatic carbocycles. The van der Waals surface area contributed by atoms with Gasteiger partial charge < -0.3 is 4.42 Å². The fourth-order valence-electron chi connectivity index (χ4n) is 7.13. The molecule has 0 radical (unpaired) electrons. The van der Waals surface area contributed by atoms with Crippen molar-refractivity contribution in [1.82, 2.24) is 19.4 Å². The van der Waals surface area contributed by atoms with Gasteiger partial charge in [0.15, 0.2) is 5.58 Å². The van der Waals surface area contributed by atoms with Crippen LogP contribution in [-0.4, -0.2) is 19.4 Å². The van der Waals surface area contributed by atoms with E-state index in [0.717, 1.165) is 49.9 Å². The highest BCUT2D eigenvalue weighted by Crippen LogP contribution is 2.44. The van der Waals surface area contributed by atoms with Gasteiger partial charge in [0.2, 0.25) is 0 Å². The van der Waals surface area contributed by atoms with E-state index in [1.807, 2.05) is 36.5 Å². The summed E-state index contributed by atoms with van der Waals surface area (Å²) in [6.45, 7) is 0. The van der Waals surface area contributed by atoms with Gasteiger partial charge >= 0.3 is 5.84 Å². The molecule has 4 aromatic heterocycles. The maximum absolute atomic E-state index is 6.43. The average molecular weight is 589 g/mol. The predicted molar refractivity (Wildman–Crippen MR) is 187 cm³/mol. The zero-order valence-electron chi connectivity index (χ0n) is 24.6. The molecular formula is C41H24N4O. The molecule has 0 atom stereocenters. The summed E-state index contributed by atoms with van der Waals surface area (Å²) in [5.41, 5.74) is 10.9. The highest BCUT2D eigenvalue weighted by Gasteiger charge is 2.22. The molecule has 0 unspecified atom stereocenters. The van der Waals surface area contributed by atoms with E-state index >= 15 is 0 Å². The number of hydrogen-bond acceptors (Lipinski definition) is 4. The maximum Gasteiger partial charge on any atom is 0.307 e. The topological polar surface area (TPSA) is 56.2 Å². The van der Waals surface area contributed by atoms with E-state index in [0.29, 0.717) is 5.84 Å². The number of aromatic nitrogens is 4. The summed E-state index contributed by atoms with van der Waals surface area (Å²) in [5.74, 6) is 0.541. The second kappa shape index (κ2) is 9.58. The Morgan fingerprint density at radius 2 is 1.15 bits per heavy atom. The van der Waals surface area contributed by atoms with Crippen molar-refractivity contribution in [2.45, 2.75) is 0 Å². The van der Waals surface area contributed by atoms with Gasteiger partial charge in [0.1, 0.15) is 11.0 Å². The molecule has 0 aliphatic rings. The van der Waals surface area contributed by atoms with E-state index in [1.165, 1.54) is 38.2 Å². The van der Waals surface area contributed by atoms with Crippen molar-refractivity contribution >= 4 is 60.4 Å². The van der Waals surface area contributed by atoms with Gasteiger partial charge in [-0.05, 0) is 74.1 Å². The van der Waals surface area contributed by atoms with E-state index < -0.39 is 0 Å². The van der Waals surface area contributed by atoms with E-state index in [4.69, 9.17) is 14.4 Å². The van der Waals surface area contributed by atoms with E-state index in [2.05, 4.69) is 113 Å². The molecule has 0 amide bonds. The number of hydrogen-bond donors (Lipinski definition) is 0. The van der Waals surface area contributed by atoms with Crippen LogP contribution in [0, 0.1) is 0 Å². The molecule has 10 aromatic rings. The summed E-state index contributed by atoms with van der Waals surface area (Å²) < 4.78 is 8.55. The van der Waals surface area contributed by atoms with Crippen molar-refractivity contribution in [2.24, 2.45) is 0 Å². The standard InChI is InChI=1S/C41H24N4O/c1-2-11-25(12-3-1)36-28-14-4-6-16-30(28)37(31-17-7-5-15-29(31)36)26-20-21-35-34(23-26)45-40-38(27-13-10-22-42-24-27)43-33-19-9-8-18-32(33)39(40)44-41(45)46-35/h1-24H. The number of rotatable bonds is 3. The van der Waals surface area contributed by atoms with Gasteiger partial charge in [-0.25, -0.2) is 4.98 Å². The summed E-state index contributed by atoms with van der Waals surface area (Å²) in [6.07, 6.45) is 3.64. The van der Waals surface area contributed by atoms with E-state index in [1.54, 1.807) is 6.20 Å². The fraction of sp³-hybridized carbons (Fsp3) is 0. The lowest BCUT2D eigenvalue weighted by atomic mass is 9.86. The third-order valence-electron chi connectivity index (χ3n) is 9.08. The van der Waals surface area contributed by atoms with Crippen molar-refractivity contribution in [1.29, 1.82) is 0 Å². The van der Waals surface area contributed by atoms with E-state index in [-0.39, 0.29) is 0 Å². The third kappa shape index (κ3) is 3.54. The van der Waals surface area contributed by atoms with E-state index in [9.17, 15) is 0 Å². The SMILES string of the molecule is c1ccc(-c2c3ccccc3c(-c3ccc4oc5nc6c7ccccc7nc(-c7cccnc7)c6n5c4c3)c3ccccc23)cc1. The summed E-state index contributed by atoms with van der Waals surface area (Å²) >= 11 is 0. The van der Waals surface area contributed by atoms with Crippen molar-refractivity contribution in [3.05, 3.63) is 146 Å². The van der Waals surface area contributed by atoms with Crippen LogP contribution in [0.2, 0.25) is 0 Å². The molecule has 0 bridgehead atoms. The Labute approximate surface area is 263 Å². The number of para-hydroxylation sites is 1. The smallest absolute Gasteiger partial charge is 0.307 e. The molecule has 5 heteroatoms. The molecule has 6 aromatic carbocycles. The number of fused-ring (bicyclic) bond motifs is 9. The van der Waals surface area contributed by atoms with Gasteiger partial charge in [-0.15, -0.1) is 0 Å². The number of imidazole rings is 1. The van der Waals surface area contributed by atoms with Crippen LogP contribution in [0.4, 0.5) is 0 Å². The largest absolute Gasteiger partial charge is 0.423 e. The number of nitrogens with zero attached hydrogens (tertiary/aromatic N) is 4. The van der Waals surface area contributed by atoms with Crippen LogP contribution in [0.15, 0.2) is 150 Å². The van der Waals surface area contributed by atoms with Crippen molar-refractivity contribution in [3.63, 3.8) is 0 Å².